The van der Waals surface area contributed by atoms with Crippen LogP contribution < -0.4 is 0 Å². The van der Waals surface area contributed by atoms with Crippen molar-refractivity contribution in [2.24, 2.45) is 0 Å². The van der Waals surface area contributed by atoms with Gasteiger partial charge in [-0.2, -0.15) is 0 Å². The summed E-state index contributed by atoms with van der Waals surface area (Å²) in [5.74, 6) is 0.521. The molecule has 0 saturated carbocycles. The van der Waals surface area contributed by atoms with E-state index in [1.54, 1.807) is 0 Å². The minimum Gasteiger partial charge on any atom is -0.0917 e. The van der Waals surface area contributed by atoms with Crippen LogP contribution in [0.5, 0.6) is 0 Å². The third-order valence-corrected chi connectivity index (χ3v) is 6.39. The molecule has 0 radical (unpaired) electrons. The van der Waals surface area contributed by atoms with Crippen LogP contribution in [0.2, 0.25) is 0 Å². The lowest BCUT2D eigenvalue weighted by atomic mass is 9.93. The van der Waals surface area contributed by atoms with Crippen molar-refractivity contribution in [3.63, 3.8) is 0 Å². The van der Waals surface area contributed by atoms with Gasteiger partial charge in [0.15, 0.2) is 0 Å². The van der Waals surface area contributed by atoms with Gasteiger partial charge < -0.3 is 0 Å². The van der Waals surface area contributed by atoms with Crippen molar-refractivity contribution in [3.8, 4) is 11.1 Å². The molecule has 0 aliphatic carbocycles. The lowest BCUT2D eigenvalue weighted by Gasteiger charge is -2.12. The molecule has 0 aliphatic heterocycles. The maximum atomic E-state index is 2.30. The summed E-state index contributed by atoms with van der Waals surface area (Å²) in [4.78, 5) is 0. The molecular formula is C34H34. The Balaban J connectivity index is 1.35. The number of rotatable bonds is 9. The van der Waals surface area contributed by atoms with Gasteiger partial charge >= 0.3 is 0 Å². The number of aryl methyl sites for hydroxylation is 1. The van der Waals surface area contributed by atoms with Gasteiger partial charge in [-0.1, -0.05) is 134 Å². The molecule has 0 nitrogen and oxygen atoms in total. The van der Waals surface area contributed by atoms with Crippen LogP contribution in [-0.2, 0) is 12.8 Å². The summed E-state index contributed by atoms with van der Waals surface area (Å²) in [5, 5.41) is 0. The summed E-state index contributed by atoms with van der Waals surface area (Å²) in [6.45, 7) is 4.37. The second-order valence-corrected chi connectivity index (χ2v) is 9.02. The van der Waals surface area contributed by atoms with E-state index in [1.165, 1.54) is 38.9 Å². The van der Waals surface area contributed by atoms with Crippen molar-refractivity contribution in [2.45, 2.75) is 39.0 Å². The number of benzene rings is 4. The first-order valence-corrected chi connectivity index (χ1v) is 12.3. The summed E-state index contributed by atoms with van der Waals surface area (Å²) < 4.78 is 0. The second kappa shape index (κ2) is 12.0. The van der Waals surface area contributed by atoms with Crippen molar-refractivity contribution in [3.05, 3.63) is 143 Å². The molecule has 0 fully saturated rings. The molecule has 0 bridgehead atoms. The maximum Gasteiger partial charge on any atom is -0.0150 e. The highest BCUT2D eigenvalue weighted by atomic mass is 14.1. The van der Waals surface area contributed by atoms with Crippen molar-refractivity contribution in [2.75, 3.05) is 0 Å². The van der Waals surface area contributed by atoms with Gasteiger partial charge in [-0.05, 0) is 71.0 Å². The standard InChI is InChI=1S/C34H34/c1-3-4-6-9-28-12-14-29(15-13-28)16-17-30-18-22-33(23-19-30)34-24-20-31(21-25-34)26-27(2)32-10-7-5-8-11-32/h3-5,7-8,10-25,27H,6,9,26H2,1-2H3/b4-3+,17-16+. The largest absolute Gasteiger partial charge is 0.0917 e. The number of hydrogen-bond acceptors (Lipinski definition) is 0. The van der Waals surface area contributed by atoms with Gasteiger partial charge in [0.2, 0.25) is 0 Å². The minimum absolute atomic E-state index is 0.521. The molecule has 0 N–H and O–H groups in total. The molecular weight excluding hydrogens is 408 g/mol. The summed E-state index contributed by atoms with van der Waals surface area (Å²) in [6.07, 6.45) is 12.0. The molecule has 0 spiro atoms. The molecule has 1 atom stereocenters. The van der Waals surface area contributed by atoms with Crippen molar-refractivity contribution >= 4 is 12.2 Å². The fourth-order valence-electron chi connectivity index (χ4n) is 4.28. The first-order chi connectivity index (χ1) is 16.7. The zero-order valence-electron chi connectivity index (χ0n) is 20.3. The SMILES string of the molecule is C/C=C/CCc1ccc(/C=C/c2ccc(-c3ccc(CC(C)c4ccccc4)cc3)cc2)cc1. The van der Waals surface area contributed by atoms with Crippen LogP contribution in [0.25, 0.3) is 23.3 Å². The summed E-state index contributed by atoms with van der Waals surface area (Å²) in [6, 6.07) is 37.5. The van der Waals surface area contributed by atoms with Gasteiger partial charge in [0.1, 0.15) is 0 Å². The zero-order chi connectivity index (χ0) is 23.6. The van der Waals surface area contributed by atoms with Gasteiger partial charge in [-0.15, -0.1) is 0 Å². The Hall–Kier alpha value is -3.64. The predicted octanol–water partition coefficient (Wildman–Crippen LogP) is 9.38. The molecule has 0 heterocycles. The van der Waals surface area contributed by atoms with Gasteiger partial charge in [0.25, 0.3) is 0 Å². The Labute approximate surface area is 205 Å². The molecule has 1 unspecified atom stereocenters. The van der Waals surface area contributed by atoms with E-state index >= 15 is 0 Å². The first-order valence-electron chi connectivity index (χ1n) is 12.3. The Morgan fingerprint density at radius 1 is 0.618 bits per heavy atom. The smallest absolute Gasteiger partial charge is 0.0150 e. The highest BCUT2D eigenvalue weighted by molar-refractivity contribution is 5.72. The molecule has 0 amide bonds. The van der Waals surface area contributed by atoms with Gasteiger partial charge in [-0.3, -0.25) is 0 Å². The van der Waals surface area contributed by atoms with Crippen LogP contribution in [0, 0.1) is 0 Å². The van der Waals surface area contributed by atoms with E-state index in [1.807, 2.05) is 0 Å². The maximum absolute atomic E-state index is 2.30. The van der Waals surface area contributed by atoms with Gasteiger partial charge in [0.05, 0.1) is 0 Å². The topological polar surface area (TPSA) is 0 Å². The second-order valence-electron chi connectivity index (χ2n) is 9.02. The third-order valence-electron chi connectivity index (χ3n) is 6.39. The fourth-order valence-corrected chi connectivity index (χ4v) is 4.28. The number of hydrogen-bond donors (Lipinski definition) is 0. The summed E-state index contributed by atoms with van der Waals surface area (Å²) in [7, 11) is 0. The van der Waals surface area contributed by atoms with Crippen LogP contribution >= 0.6 is 0 Å². The average molecular weight is 443 g/mol. The van der Waals surface area contributed by atoms with E-state index < -0.39 is 0 Å². The Kier molecular flexibility index (Phi) is 8.30. The van der Waals surface area contributed by atoms with Gasteiger partial charge in [-0.25, -0.2) is 0 Å². The molecule has 4 aromatic rings. The molecule has 0 aromatic heterocycles. The Bertz CT molecular complexity index is 1190. The summed E-state index contributed by atoms with van der Waals surface area (Å²) >= 11 is 0. The van der Waals surface area contributed by atoms with E-state index in [0.29, 0.717) is 5.92 Å². The molecule has 0 aliphatic rings. The highest BCUT2D eigenvalue weighted by Gasteiger charge is 2.06. The van der Waals surface area contributed by atoms with Crippen molar-refractivity contribution in [1.82, 2.24) is 0 Å². The van der Waals surface area contributed by atoms with Crippen LogP contribution in [0.4, 0.5) is 0 Å². The van der Waals surface area contributed by atoms with Crippen LogP contribution in [-0.4, -0.2) is 0 Å². The molecule has 34 heavy (non-hydrogen) atoms. The van der Waals surface area contributed by atoms with E-state index in [-0.39, 0.29) is 0 Å². The molecule has 4 aromatic carbocycles. The van der Waals surface area contributed by atoms with E-state index in [4.69, 9.17) is 0 Å². The molecule has 0 saturated heterocycles. The van der Waals surface area contributed by atoms with E-state index in [9.17, 15) is 0 Å². The Morgan fingerprint density at radius 3 is 1.74 bits per heavy atom. The number of allylic oxidation sites excluding steroid dienone is 2. The average Bonchev–Trinajstić information content (AvgIpc) is 2.90. The molecule has 0 heteroatoms. The lowest BCUT2D eigenvalue weighted by Crippen LogP contribution is -1.98. The van der Waals surface area contributed by atoms with E-state index in [0.717, 1.165) is 19.3 Å². The third kappa shape index (κ3) is 6.68. The normalized spacial score (nSPS) is 12.4. The minimum atomic E-state index is 0.521. The van der Waals surface area contributed by atoms with Gasteiger partial charge in [0, 0.05) is 0 Å². The lowest BCUT2D eigenvalue weighted by molar-refractivity contribution is 0.759. The quantitative estimate of drug-likeness (QED) is 0.179. The predicted molar refractivity (Wildman–Crippen MR) is 149 cm³/mol. The van der Waals surface area contributed by atoms with Crippen LogP contribution in [0.15, 0.2) is 115 Å². The van der Waals surface area contributed by atoms with E-state index in [2.05, 4.69) is 141 Å². The monoisotopic (exact) mass is 442 g/mol. The first kappa shape index (κ1) is 23.5. The van der Waals surface area contributed by atoms with Crippen LogP contribution in [0.1, 0.15) is 54.0 Å². The highest BCUT2D eigenvalue weighted by Crippen LogP contribution is 2.24. The fraction of sp³-hybridized carbons (Fsp3) is 0.176. The molecule has 170 valence electrons. The van der Waals surface area contributed by atoms with Crippen LogP contribution in [0.3, 0.4) is 0 Å². The molecule has 4 rings (SSSR count). The van der Waals surface area contributed by atoms with Crippen molar-refractivity contribution < 1.29 is 0 Å². The Morgan fingerprint density at radius 2 is 1.15 bits per heavy atom. The zero-order valence-corrected chi connectivity index (χ0v) is 20.3. The van der Waals surface area contributed by atoms with Crippen molar-refractivity contribution in [1.29, 1.82) is 0 Å². The summed E-state index contributed by atoms with van der Waals surface area (Å²) in [5.41, 5.74) is 9.14.